The maximum atomic E-state index is 12.5. The summed E-state index contributed by atoms with van der Waals surface area (Å²) in [7, 11) is 1.27. The van der Waals surface area contributed by atoms with Crippen LogP contribution in [0.3, 0.4) is 0 Å². The Hall–Kier alpha value is -3.74. The van der Waals surface area contributed by atoms with Crippen molar-refractivity contribution in [3.05, 3.63) is 82.4 Å². The zero-order valence-electron chi connectivity index (χ0n) is 15.5. The van der Waals surface area contributed by atoms with Crippen LogP contribution in [-0.2, 0) is 16.1 Å². The second-order valence-electron chi connectivity index (χ2n) is 6.06. The van der Waals surface area contributed by atoms with Gasteiger partial charge in [-0.2, -0.15) is 0 Å². The van der Waals surface area contributed by atoms with E-state index in [9.17, 15) is 14.4 Å². The lowest BCUT2D eigenvalue weighted by molar-refractivity contribution is -0.116. The fraction of sp³-hybridized carbons (Fsp3) is 0.143. The maximum Gasteiger partial charge on any atom is 0.339 e. The lowest BCUT2D eigenvalue weighted by atomic mass is 10.1. The molecule has 2 aromatic carbocycles. The van der Waals surface area contributed by atoms with Crippen molar-refractivity contribution in [3.8, 4) is 11.3 Å². The van der Waals surface area contributed by atoms with Crippen molar-refractivity contribution in [3.63, 3.8) is 0 Å². The van der Waals surface area contributed by atoms with Crippen LogP contribution in [0, 0.1) is 6.92 Å². The third-order valence-electron chi connectivity index (χ3n) is 4.18. The number of aryl methyl sites for hydroxylation is 1. The first-order valence-corrected chi connectivity index (χ1v) is 8.60. The molecule has 0 atom stereocenters. The van der Waals surface area contributed by atoms with E-state index in [1.165, 1.54) is 17.7 Å². The van der Waals surface area contributed by atoms with Crippen molar-refractivity contribution < 1.29 is 14.3 Å². The lowest BCUT2D eigenvalue weighted by Gasteiger charge is -2.13. The number of nitrogens with one attached hydrogen (secondary N) is 1. The normalized spacial score (nSPS) is 10.4. The van der Waals surface area contributed by atoms with Gasteiger partial charge in [-0.3, -0.25) is 14.2 Å². The van der Waals surface area contributed by atoms with E-state index in [1.807, 2.05) is 30.3 Å². The Morgan fingerprint density at radius 1 is 1.07 bits per heavy atom. The van der Waals surface area contributed by atoms with Crippen LogP contribution in [0.25, 0.3) is 11.3 Å². The molecule has 7 heteroatoms. The summed E-state index contributed by atoms with van der Waals surface area (Å²) in [6, 6.07) is 17.2. The number of para-hydroxylation sites is 1. The van der Waals surface area contributed by atoms with Gasteiger partial charge in [-0.05, 0) is 19.1 Å². The minimum atomic E-state index is -0.557. The van der Waals surface area contributed by atoms with Gasteiger partial charge in [0, 0.05) is 11.6 Å². The lowest BCUT2D eigenvalue weighted by Crippen LogP contribution is -2.30. The van der Waals surface area contributed by atoms with Crippen LogP contribution in [0.5, 0.6) is 0 Å². The van der Waals surface area contributed by atoms with Crippen LogP contribution in [0.2, 0.25) is 0 Å². The van der Waals surface area contributed by atoms with Crippen molar-refractivity contribution in [1.29, 1.82) is 0 Å². The SMILES string of the molecule is COC(=O)c1ccccc1NC(=O)Cn1c(C)nc(-c2ccccc2)cc1=O. The molecule has 0 aliphatic heterocycles. The summed E-state index contributed by atoms with van der Waals surface area (Å²) < 4.78 is 6.00. The molecule has 28 heavy (non-hydrogen) atoms. The number of rotatable bonds is 5. The number of aromatic nitrogens is 2. The molecule has 142 valence electrons. The van der Waals surface area contributed by atoms with Gasteiger partial charge in [0.15, 0.2) is 0 Å². The molecule has 0 unspecified atom stereocenters. The van der Waals surface area contributed by atoms with E-state index < -0.39 is 11.9 Å². The molecule has 1 heterocycles. The zero-order chi connectivity index (χ0) is 20.1. The number of nitrogens with zero attached hydrogens (tertiary/aromatic N) is 2. The first-order valence-electron chi connectivity index (χ1n) is 8.60. The number of carbonyl (C=O) groups excluding carboxylic acids is 2. The van der Waals surface area contributed by atoms with Crippen molar-refractivity contribution in [1.82, 2.24) is 9.55 Å². The molecule has 7 nitrogen and oxygen atoms in total. The fourth-order valence-corrected chi connectivity index (χ4v) is 2.78. The Kier molecular flexibility index (Phi) is 5.64. The largest absolute Gasteiger partial charge is 0.465 e. The highest BCUT2D eigenvalue weighted by atomic mass is 16.5. The van der Waals surface area contributed by atoms with Crippen LogP contribution in [0.1, 0.15) is 16.2 Å². The number of methoxy groups -OCH3 is 1. The molecule has 3 rings (SSSR count). The van der Waals surface area contributed by atoms with Crippen molar-refractivity contribution in [2.24, 2.45) is 0 Å². The Balaban J connectivity index is 1.82. The zero-order valence-corrected chi connectivity index (χ0v) is 15.5. The average molecular weight is 377 g/mol. The summed E-state index contributed by atoms with van der Waals surface area (Å²) in [5, 5.41) is 2.65. The van der Waals surface area contributed by atoms with E-state index in [4.69, 9.17) is 4.74 Å². The van der Waals surface area contributed by atoms with E-state index >= 15 is 0 Å². The van der Waals surface area contributed by atoms with Gasteiger partial charge < -0.3 is 10.1 Å². The fourth-order valence-electron chi connectivity index (χ4n) is 2.78. The summed E-state index contributed by atoms with van der Waals surface area (Å²) in [4.78, 5) is 41.2. The molecule has 1 amide bonds. The van der Waals surface area contributed by atoms with Crippen molar-refractivity contribution >= 4 is 17.6 Å². The minimum Gasteiger partial charge on any atom is -0.465 e. The molecule has 0 aliphatic rings. The second-order valence-corrected chi connectivity index (χ2v) is 6.06. The van der Waals surface area contributed by atoms with Crippen molar-refractivity contribution in [2.75, 3.05) is 12.4 Å². The van der Waals surface area contributed by atoms with Gasteiger partial charge in [-0.25, -0.2) is 9.78 Å². The molecule has 0 spiro atoms. The van der Waals surface area contributed by atoms with Crippen LogP contribution in [0.4, 0.5) is 5.69 Å². The molecule has 1 N–H and O–H groups in total. The topological polar surface area (TPSA) is 90.3 Å². The van der Waals surface area contributed by atoms with Gasteiger partial charge in [-0.15, -0.1) is 0 Å². The number of ether oxygens (including phenoxy) is 1. The molecule has 0 bridgehead atoms. The smallest absolute Gasteiger partial charge is 0.339 e. The quantitative estimate of drug-likeness (QED) is 0.691. The molecule has 1 aromatic heterocycles. The molecule has 3 aromatic rings. The third-order valence-corrected chi connectivity index (χ3v) is 4.18. The number of esters is 1. The summed E-state index contributed by atoms with van der Waals surface area (Å²) in [6.45, 7) is 1.45. The number of carbonyl (C=O) groups is 2. The standard InChI is InChI=1S/C21H19N3O4/c1-14-22-18(15-8-4-3-5-9-15)12-20(26)24(14)13-19(25)23-17-11-7-6-10-16(17)21(27)28-2/h3-12H,13H2,1-2H3,(H,23,25). The molecule has 0 aliphatic carbocycles. The molecular weight excluding hydrogens is 358 g/mol. The van der Waals surface area contributed by atoms with E-state index in [0.717, 1.165) is 5.56 Å². The summed E-state index contributed by atoms with van der Waals surface area (Å²) in [6.07, 6.45) is 0. The summed E-state index contributed by atoms with van der Waals surface area (Å²) in [5.41, 5.74) is 1.60. The van der Waals surface area contributed by atoms with Crippen molar-refractivity contribution in [2.45, 2.75) is 13.5 Å². The predicted octanol–water partition coefficient (Wildman–Crippen LogP) is 2.64. The van der Waals surface area contributed by atoms with Crippen LogP contribution in [-0.4, -0.2) is 28.5 Å². The maximum absolute atomic E-state index is 12.5. The highest BCUT2D eigenvalue weighted by Gasteiger charge is 2.15. The van der Waals surface area contributed by atoms with Crippen LogP contribution >= 0.6 is 0 Å². The van der Waals surface area contributed by atoms with Gasteiger partial charge in [0.05, 0.1) is 24.1 Å². The third kappa shape index (κ3) is 4.15. The number of hydrogen-bond acceptors (Lipinski definition) is 5. The summed E-state index contributed by atoms with van der Waals surface area (Å²) >= 11 is 0. The molecule has 0 saturated heterocycles. The predicted molar refractivity (Wildman–Crippen MR) is 105 cm³/mol. The van der Waals surface area contributed by atoms with E-state index in [2.05, 4.69) is 10.3 Å². The Morgan fingerprint density at radius 3 is 2.43 bits per heavy atom. The number of benzene rings is 2. The Labute approximate surface area is 161 Å². The molecule has 0 saturated carbocycles. The van der Waals surface area contributed by atoms with Gasteiger partial charge >= 0.3 is 5.97 Å². The van der Waals surface area contributed by atoms with Gasteiger partial charge in [0.2, 0.25) is 5.91 Å². The van der Waals surface area contributed by atoms with E-state index in [-0.39, 0.29) is 17.7 Å². The molecular formula is C21H19N3O4. The Bertz CT molecular complexity index is 1070. The summed E-state index contributed by atoms with van der Waals surface area (Å²) in [5.74, 6) is -0.586. The van der Waals surface area contributed by atoms with Crippen LogP contribution in [0.15, 0.2) is 65.5 Å². The van der Waals surface area contributed by atoms with E-state index in [1.54, 1.807) is 31.2 Å². The minimum absolute atomic E-state index is 0.220. The van der Waals surface area contributed by atoms with Gasteiger partial charge in [0.25, 0.3) is 5.56 Å². The van der Waals surface area contributed by atoms with Gasteiger partial charge in [-0.1, -0.05) is 42.5 Å². The monoisotopic (exact) mass is 377 g/mol. The first-order chi connectivity index (χ1) is 13.5. The first kappa shape index (κ1) is 19.0. The molecule has 0 fully saturated rings. The average Bonchev–Trinajstić information content (AvgIpc) is 2.71. The Morgan fingerprint density at radius 2 is 1.75 bits per heavy atom. The van der Waals surface area contributed by atoms with Gasteiger partial charge in [0.1, 0.15) is 12.4 Å². The van der Waals surface area contributed by atoms with Crippen LogP contribution < -0.4 is 10.9 Å². The number of amides is 1. The highest BCUT2D eigenvalue weighted by molar-refractivity contribution is 6.01. The second kappa shape index (κ2) is 8.30. The number of anilines is 1. The molecule has 0 radical (unpaired) electrons. The number of hydrogen-bond donors (Lipinski definition) is 1. The highest BCUT2D eigenvalue weighted by Crippen LogP contribution is 2.17. The van der Waals surface area contributed by atoms with E-state index in [0.29, 0.717) is 17.2 Å².